The highest BCUT2D eigenvalue weighted by Crippen LogP contribution is 2.24. The first-order valence-corrected chi connectivity index (χ1v) is 7.44. The maximum absolute atomic E-state index is 9.59. The van der Waals surface area contributed by atoms with Gasteiger partial charge in [0, 0.05) is 6.54 Å². The molecule has 0 bridgehead atoms. The topological polar surface area (TPSA) is 47.3 Å². The van der Waals surface area contributed by atoms with E-state index >= 15 is 0 Å². The SMILES string of the molecule is CCn1nc(C)c(Br)c1COc1cccc([C@H](C)O)c1. The Morgan fingerprint density at radius 2 is 2.20 bits per heavy atom. The molecule has 2 aromatic rings. The number of hydrogen-bond acceptors (Lipinski definition) is 3. The maximum atomic E-state index is 9.59. The van der Waals surface area contributed by atoms with Gasteiger partial charge in [0.25, 0.3) is 0 Å². The number of aliphatic hydroxyl groups is 1. The molecule has 0 spiro atoms. The molecular weight excluding hydrogens is 320 g/mol. The van der Waals surface area contributed by atoms with Crippen molar-refractivity contribution in [1.29, 1.82) is 0 Å². The molecule has 1 aromatic carbocycles. The van der Waals surface area contributed by atoms with E-state index in [0.717, 1.165) is 33.7 Å². The van der Waals surface area contributed by atoms with Gasteiger partial charge in [0.05, 0.1) is 22.0 Å². The first-order chi connectivity index (χ1) is 9.52. The predicted molar refractivity (Wildman–Crippen MR) is 81.7 cm³/mol. The fourth-order valence-corrected chi connectivity index (χ4v) is 2.42. The number of aromatic nitrogens is 2. The number of aryl methyl sites for hydroxylation is 2. The van der Waals surface area contributed by atoms with Crippen molar-refractivity contribution in [3.8, 4) is 5.75 Å². The van der Waals surface area contributed by atoms with Crippen LogP contribution >= 0.6 is 15.9 Å². The average Bonchev–Trinajstić information content (AvgIpc) is 2.72. The van der Waals surface area contributed by atoms with Gasteiger partial charge < -0.3 is 9.84 Å². The molecule has 0 unspecified atom stereocenters. The molecule has 1 N–H and O–H groups in total. The van der Waals surface area contributed by atoms with Crippen LogP contribution in [0, 0.1) is 6.92 Å². The Hall–Kier alpha value is -1.33. The Kier molecular flexibility index (Phi) is 4.83. The van der Waals surface area contributed by atoms with Crippen LogP contribution in [0.4, 0.5) is 0 Å². The molecule has 0 aliphatic heterocycles. The third kappa shape index (κ3) is 3.22. The number of nitrogens with zero attached hydrogens (tertiary/aromatic N) is 2. The van der Waals surface area contributed by atoms with Crippen LogP contribution in [0.3, 0.4) is 0 Å². The van der Waals surface area contributed by atoms with Gasteiger partial charge in [-0.3, -0.25) is 4.68 Å². The monoisotopic (exact) mass is 338 g/mol. The molecule has 0 radical (unpaired) electrons. The van der Waals surface area contributed by atoms with Gasteiger partial charge >= 0.3 is 0 Å². The summed E-state index contributed by atoms with van der Waals surface area (Å²) >= 11 is 3.55. The number of rotatable bonds is 5. The van der Waals surface area contributed by atoms with E-state index in [2.05, 4.69) is 28.0 Å². The van der Waals surface area contributed by atoms with Crippen LogP contribution in [0.5, 0.6) is 5.75 Å². The van der Waals surface area contributed by atoms with E-state index in [9.17, 15) is 5.11 Å². The molecule has 108 valence electrons. The molecule has 0 saturated carbocycles. The van der Waals surface area contributed by atoms with Crippen LogP contribution in [0.25, 0.3) is 0 Å². The minimum atomic E-state index is -0.492. The van der Waals surface area contributed by atoms with E-state index in [1.807, 2.05) is 35.9 Å². The minimum absolute atomic E-state index is 0.443. The molecule has 4 nitrogen and oxygen atoms in total. The summed E-state index contributed by atoms with van der Waals surface area (Å²) in [5, 5.41) is 14.0. The Labute approximate surface area is 127 Å². The minimum Gasteiger partial charge on any atom is -0.487 e. The average molecular weight is 339 g/mol. The third-order valence-corrected chi connectivity index (χ3v) is 4.20. The first kappa shape index (κ1) is 15.1. The van der Waals surface area contributed by atoms with Crippen LogP contribution in [0.1, 0.15) is 36.9 Å². The Bertz CT molecular complexity index is 594. The van der Waals surface area contributed by atoms with Crippen molar-refractivity contribution in [2.24, 2.45) is 0 Å². The summed E-state index contributed by atoms with van der Waals surface area (Å²) < 4.78 is 8.74. The molecule has 1 aromatic heterocycles. The first-order valence-electron chi connectivity index (χ1n) is 6.65. The highest BCUT2D eigenvalue weighted by atomic mass is 79.9. The summed E-state index contributed by atoms with van der Waals surface area (Å²) in [6.45, 7) is 7.01. The van der Waals surface area contributed by atoms with Crippen LogP contribution in [0.15, 0.2) is 28.7 Å². The van der Waals surface area contributed by atoms with E-state index in [1.54, 1.807) is 6.92 Å². The van der Waals surface area contributed by atoms with Gasteiger partial charge in [0.15, 0.2) is 0 Å². The lowest BCUT2D eigenvalue weighted by Gasteiger charge is -2.11. The van der Waals surface area contributed by atoms with Crippen molar-refractivity contribution in [1.82, 2.24) is 9.78 Å². The summed E-state index contributed by atoms with van der Waals surface area (Å²) in [5.41, 5.74) is 2.83. The molecule has 0 saturated heterocycles. The lowest BCUT2D eigenvalue weighted by Crippen LogP contribution is -2.06. The second-order valence-electron chi connectivity index (χ2n) is 4.70. The smallest absolute Gasteiger partial charge is 0.131 e. The summed E-state index contributed by atoms with van der Waals surface area (Å²) in [6, 6.07) is 7.51. The van der Waals surface area contributed by atoms with Crippen molar-refractivity contribution in [2.75, 3.05) is 0 Å². The zero-order valence-electron chi connectivity index (χ0n) is 11.9. The molecule has 5 heteroatoms. The molecule has 20 heavy (non-hydrogen) atoms. The molecule has 0 aliphatic rings. The number of benzene rings is 1. The van der Waals surface area contributed by atoms with Crippen molar-refractivity contribution < 1.29 is 9.84 Å². The molecule has 1 heterocycles. The van der Waals surface area contributed by atoms with Crippen molar-refractivity contribution in [3.05, 3.63) is 45.7 Å². The quantitative estimate of drug-likeness (QED) is 0.905. The van der Waals surface area contributed by atoms with Gasteiger partial charge in [0.2, 0.25) is 0 Å². The summed E-state index contributed by atoms with van der Waals surface area (Å²) in [7, 11) is 0. The molecular formula is C15H19BrN2O2. The number of aliphatic hydroxyl groups excluding tert-OH is 1. The molecule has 0 aliphatic carbocycles. The second-order valence-corrected chi connectivity index (χ2v) is 5.49. The van der Waals surface area contributed by atoms with E-state index in [-0.39, 0.29) is 0 Å². The highest BCUT2D eigenvalue weighted by molar-refractivity contribution is 9.10. The van der Waals surface area contributed by atoms with Crippen molar-refractivity contribution >= 4 is 15.9 Å². The summed E-state index contributed by atoms with van der Waals surface area (Å²) in [5.74, 6) is 0.747. The normalized spacial score (nSPS) is 12.4. The van der Waals surface area contributed by atoms with Crippen LogP contribution in [0.2, 0.25) is 0 Å². The number of hydrogen-bond donors (Lipinski definition) is 1. The van der Waals surface area contributed by atoms with E-state index in [1.165, 1.54) is 0 Å². The van der Waals surface area contributed by atoms with Crippen LogP contribution in [-0.2, 0) is 13.2 Å². The lowest BCUT2D eigenvalue weighted by atomic mass is 10.1. The van der Waals surface area contributed by atoms with Crippen molar-refractivity contribution in [3.63, 3.8) is 0 Å². The number of ether oxygens (including phenoxy) is 1. The second kappa shape index (κ2) is 6.41. The van der Waals surface area contributed by atoms with Gasteiger partial charge in [0.1, 0.15) is 12.4 Å². The highest BCUT2D eigenvalue weighted by Gasteiger charge is 2.12. The molecule has 2 rings (SSSR count). The van der Waals surface area contributed by atoms with Gasteiger partial charge in [-0.05, 0) is 54.4 Å². The van der Waals surface area contributed by atoms with Crippen molar-refractivity contribution in [2.45, 2.75) is 40.0 Å². The fourth-order valence-electron chi connectivity index (χ4n) is 2.02. The Morgan fingerprint density at radius 3 is 2.85 bits per heavy atom. The molecule has 0 amide bonds. The standard InChI is InChI=1S/C15H19BrN2O2/c1-4-18-14(15(16)10(2)17-18)9-20-13-7-5-6-12(8-13)11(3)19/h5-8,11,19H,4,9H2,1-3H3/t11-/m0/s1. The van der Waals surface area contributed by atoms with E-state index < -0.39 is 6.10 Å². The maximum Gasteiger partial charge on any atom is 0.131 e. The van der Waals surface area contributed by atoms with Gasteiger partial charge in [-0.15, -0.1) is 0 Å². The third-order valence-electron chi connectivity index (χ3n) is 3.17. The Morgan fingerprint density at radius 1 is 1.45 bits per heavy atom. The lowest BCUT2D eigenvalue weighted by molar-refractivity contribution is 0.198. The summed E-state index contributed by atoms with van der Waals surface area (Å²) in [4.78, 5) is 0. The Balaban J connectivity index is 2.15. The van der Waals surface area contributed by atoms with Crippen LogP contribution in [-0.4, -0.2) is 14.9 Å². The zero-order chi connectivity index (χ0) is 14.7. The summed E-state index contributed by atoms with van der Waals surface area (Å²) in [6.07, 6.45) is -0.492. The van der Waals surface area contributed by atoms with Gasteiger partial charge in [-0.1, -0.05) is 12.1 Å². The van der Waals surface area contributed by atoms with E-state index in [4.69, 9.17) is 4.74 Å². The molecule has 1 atom stereocenters. The fraction of sp³-hybridized carbons (Fsp3) is 0.400. The van der Waals surface area contributed by atoms with E-state index in [0.29, 0.717) is 6.61 Å². The van der Waals surface area contributed by atoms with Gasteiger partial charge in [-0.2, -0.15) is 5.10 Å². The largest absolute Gasteiger partial charge is 0.487 e. The number of halogens is 1. The predicted octanol–water partition coefficient (Wildman–Crippen LogP) is 3.61. The van der Waals surface area contributed by atoms with Crippen LogP contribution < -0.4 is 4.74 Å². The zero-order valence-corrected chi connectivity index (χ0v) is 13.5. The molecule has 0 fully saturated rings. The van der Waals surface area contributed by atoms with Gasteiger partial charge in [-0.25, -0.2) is 0 Å².